The van der Waals surface area contributed by atoms with Crippen LogP contribution >= 0.6 is 23.1 Å². The summed E-state index contributed by atoms with van der Waals surface area (Å²) in [6.07, 6.45) is 0. The van der Waals surface area contributed by atoms with Gasteiger partial charge in [0.2, 0.25) is 0 Å². The Bertz CT molecular complexity index is 2270. The number of aromatic nitrogens is 2. The first-order chi connectivity index (χ1) is 18.8. The number of rotatable bonds is 2. The average molecular weight is 519 g/mol. The van der Waals surface area contributed by atoms with Crippen LogP contribution in [0.2, 0.25) is 0 Å². The zero-order chi connectivity index (χ0) is 24.8. The molecule has 1 aliphatic heterocycles. The van der Waals surface area contributed by atoms with Gasteiger partial charge in [-0.1, -0.05) is 90.6 Å². The summed E-state index contributed by atoms with van der Waals surface area (Å²) in [7, 11) is 0. The number of thiophene rings is 1. The number of nitrogens with zero attached hydrogens (tertiary/aromatic N) is 2. The Labute approximate surface area is 226 Å². The molecule has 0 amide bonds. The summed E-state index contributed by atoms with van der Waals surface area (Å²) >= 11 is 3.74. The molecule has 3 heterocycles. The molecule has 0 saturated heterocycles. The third-order valence-corrected chi connectivity index (χ3v) is 9.96. The molecular weight excluding hydrogens is 501 g/mol. The van der Waals surface area contributed by atoms with Gasteiger partial charge in [-0.15, -0.1) is 11.3 Å². The Hall–Kier alpha value is -4.25. The van der Waals surface area contributed by atoms with Gasteiger partial charge in [0.25, 0.3) is 0 Å². The predicted molar refractivity (Wildman–Crippen MR) is 162 cm³/mol. The number of benzene rings is 6. The van der Waals surface area contributed by atoms with Gasteiger partial charge < -0.3 is 0 Å². The maximum atomic E-state index is 5.28. The molecule has 0 bridgehead atoms. The first-order valence-electron chi connectivity index (χ1n) is 12.7. The van der Waals surface area contributed by atoms with Gasteiger partial charge >= 0.3 is 0 Å². The van der Waals surface area contributed by atoms with Gasteiger partial charge in [0, 0.05) is 57.2 Å². The minimum absolute atomic E-state index is 0.783. The van der Waals surface area contributed by atoms with Gasteiger partial charge in [-0.2, -0.15) is 0 Å². The highest BCUT2D eigenvalue weighted by Crippen LogP contribution is 2.53. The van der Waals surface area contributed by atoms with E-state index in [0.717, 1.165) is 38.9 Å². The van der Waals surface area contributed by atoms with E-state index in [9.17, 15) is 0 Å². The molecule has 0 unspecified atom stereocenters. The minimum Gasteiger partial charge on any atom is -0.227 e. The van der Waals surface area contributed by atoms with E-state index in [2.05, 4.69) is 109 Å². The molecule has 6 aromatic carbocycles. The van der Waals surface area contributed by atoms with Crippen LogP contribution in [-0.4, -0.2) is 9.97 Å². The number of hydrogen-bond donors (Lipinski definition) is 0. The van der Waals surface area contributed by atoms with Crippen LogP contribution < -0.4 is 0 Å². The van der Waals surface area contributed by atoms with Crippen molar-refractivity contribution in [2.24, 2.45) is 0 Å². The lowest BCUT2D eigenvalue weighted by Crippen LogP contribution is -1.96. The highest BCUT2D eigenvalue weighted by Gasteiger charge is 2.24. The van der Waals surface area contributed by atoms with Crippen LogP contribution in [0.15, 0.2) is 119 Å². The summed E-state index contributed by atoms with van der Waals surface area (Å²) in [4.78, 5) is 13.2. The van der Waals surface area contributed by atoms with E-state index in [1.165, 1.54) is 46.1 Å². The lowest BCUT2D eigenvalue weighted by atomic mass is 10.00. The maximum absolute atomic E-state index is 5.28. The van der Waals surface area contributed by atoms with Gasteiger partial charge in [-0.05, 0) is 41.1 Å². The van der Waals surface area contributed by atoms with Crippen molar-refractivity contribution in [2.75, 3.05) is 0 Å². The van der Waals surface area contributed by atoms with Crippen LogP contribution in [0.1, 0.15) is 0 Å². The fourth-order valence-corrected chi connectivity index (χ4v) is 8.40. The Morgan fingerprint density at radius 2 is 1.34 bits per heavy atom. The van der Waals surface area contributed by atoms with Gasteiger partial charge in [-0.3, -0.25) is 0 Å². The van der Waals surface area contributed by atoms with Crippen molar-refractivity contribution in [3.8, 4) is 22.6 Å². The normalized spacial score (nSPS) is 12.6. The molecule has 2 aromatic heterocycles. The van der Waals surface area contributed by atoms with Crippen molar-refractivity contribution < 1.29 is 0 Å². The zero-order valence-corrected chi connectivity index (χ0v) is 21.7. The molecule has 176 valence electrons. The van der Waals surface area contributed by atoms with E-state index in [1.54, 1.807) is 0 Å². The molecule has 2 nitrogen and oxygen atoms in total. The lowest BCUT2D eigenvalue weighted by molar-refractivity contribution is 1.24. The van der Waals surface area contributed by atoms with Gasteiger partial charge in [0.1, 0.15) is 0 Å². The Balaban J connectivity index is 1.42. The molecule has 38 heavy (non-hydrogen) atoms. The van der Waals surface area contributed by atoms with E-state index in [0.29, 0.717) is 0 Å². The summed E-state index contributed by atoms with van der Waals surface area (Å²) in [5.41, 5.74) is 4.18. The van der Waals surface area contributed by atoms with E-state index in [-0.39, 0.29) is 0 Å². The fraction of sp³-hybridized carbons (Fsp3) is 0. The summed E-state index contributed by atoms with van der Waals surface area (Å²) in [6.45, 7) is 0. The third-order valence-electron chi connectivity index (χ3n) is 7.65. The lowest BCUT2D eigenvalue weighted by Gasteiger charge is -2.16. The van der Waals surface area contributed by atoms with Crippen LogP contribution in [-0.2, 0) is 0 Å². The second-order valence-corrected chi connectivity index (χ2v) is 11.9. The highest BCUT2D eigenvalue weighted by atomic mass is 32.2. The average Bonchev–Trinajstić information content (AvgIpc) is 3.38. The standard InChI is InChI=1S/C34H18N2S2/c1-2-8-21(9-3-1)31-23-15-13-19-7-4-5-11-22(19)32(23)36-34(35-31)24-16-18-27-30-29-26(38-33(24)30)17-14-20-10-6-12-25(37-27)28(20)29/h1-18H. The zero-order valence-electron chi connectivity index (χ0n) is 20.1. The van der Waals surface area contributed by atoms with Gasteiger partial charge in [0.05, 0.1) is 11.2 Å². The Kier molecular flexibility index (Phi) is 4.17. The highest BCUT2D eigenvalue weighted by molar-refractivity contribution is 8.00. The molecule has 0 N–H and O–H groups in total. The molecule has 0 atom stereocenters. The van der Waals surface area contributed by atoms with Crippen molar-refractivity contribution in [3.05, 3.63) is 109 Å². The summed E-state index contributed by atoms with van der Waals surface area (Å²) in [6, 6.07) is 39.0. The number of hydrogen-bond acceptors (Lipinski definition) is 4. The van der Waals surface area contributed by atoms with E-state index in [4.69, 9.17) is 9.97 Å². The second-order valence-electron chi connectivity index (χ2n) is 9.76. The molecule has 0 radical (unpaired) electrons. The van der Waals surface area contributed by atoms with Gasteiger partial charge in [-0.25, -0.2) is 9.97 Å². The summed E-state index contributed by atoms with van der Waals surface area (Å²) in [5, 5.41) is 8.83. The molecule has 1 aliphatic rings. The molecule has 0 saturated carbocycles. The summed E-state index contributed by atoms with van der Waals surface area (Å²) in [5.74, 6) is 0.783. The predicted octanol–water partition coefficient (Wildman–Crippen LogP) is 10.1. The first kappa shape index (κ1) is 20.8. The van der Waals surface area contributed by atoms with Crippen LogP contribution in [0.5, 0.6) is 0 Å². The molecule has 0 fully saturated rings. The van der Waals surface area contributed by atoms with Crippen LogP contribution in [0.3, 0.4) is 0 Å². The first-order valence-corrected chi connectivity index (χ1v) is 14.3. The van der Waals surface area contributed by atoms with E-state index >= 15 is 0 Å². The van der Waals surface area contributed by atoms with Crippen molar-refractivity contribution in [1.29, 1.82) is 0 Å². The van der Waals surface area contributed by atoms with Crippen LogP contribution in [0.4, 0.5) is 0 Å². The monoisotopic (exact) mass is 518 g/mol. The van der Waals surface area contributed by atoms with Crippen molar-refractivity contribution >= 4 is 75.7 Å². The van der Waals surface area contributed by atoms with Crippen LogP contribution in [0.25, 0.3) is 75.3 Å². The van der Waals surface area contributed by atoms with Gasteiger partial charge in [0.15, 0.2) is 5.82 Å². The minimum atomic E-state index is 0.783. The molecule has 0 spiro atoms. The van der Waals surface area contributed by atoms with Crippen molar-refractivity contribution in [3.63, 3.8) is 0 Å². The SMILES string of the molecule is c1ccc(-c2nc(-c3ccc4c5c3sc3ccc6cccc(c6c35)S4)nc3c2ccc2ccccc23)cc1. The molecule has 0 aliphatic carbocycles. The maximum Gasteiger partial charge on any atom is 0.161 e. The van der Waals surface area contributed by atoms with E-state index in [1.807, 2.05) is 23.1 Å². The molecule has 8 aromatic rings. The van der Waals surface area contributed by atoms with Crippen molar-refractivity contribution in [1.82, 2.24) is 9.97 Å². The van der Waals surface area contributed by atoms with Crippen LogP contribution in [0, 0.1) is 0 Å². The van der Waals surface area contributed by atoms with E-state index < -0.39 is 0 Å². The third kappa shape index (κ3) is 2.79. The molecular formula is C34H18N2S2. The molecule has 9 rings (SSSR count). The molecule has 4 heteroatoms. The quantitative estimate of drug-likeness (QED) is 0.213. The van der Waals surface area contributed by atoms with Crippen molar-refractivity contribution in [2.45, 2.75) is 9.79 Å². The topological polar surface area (TPSA) is 25.8 Å². The Morgan fingerprint density at radius 3 is 2.29 bits per heavy atom. The summed E-state index contributed by atoms with van der Waals surface area (Å²) < 4.78 is 2.59. The number of fused-ring (bicyclic) bond motifs is 3. The fourth-order valence-electron chi connectivity index (χ4n) is 5.94. The Morgan fingerprint density at radius 1 is 0.526 bits per heavy atom. The smallest absolute Gasteiger partial charge is 0.161 e. The second kappa shape index (κ2) is 7.64. The largest absolute Gasteiger partial charge is 0.227 e.